The highest BCUT2D eigenvalue weighted by molar-refractivity contribution is 5.98. The van der Waals surface area contributed by atoms with Crippen LogP contribution in [-0.2, 0) is 9.59 Å². The second-order valence-corrected chi connectivity index (χ2v) is 5.84. The summed E-state index contributed by atoms with van der Waals surface area (Å²) in [4.78, 5) is 27.2. The number of hydrogen-bond donors (Lipinski definition) is 2. The van der Waals surface area contributed by atoms with Crippen LogP contribution in [0.2, 0.25) is 0 Å². The molecular weight excluding hydrogens is 308 g/mol. The molecular formula is C18H14N2O4. The van der Waals surface area contributed by atoms with Crippen LogP contribution in [0.5, 0.6) is 0 Å². The van der Waals surface area contributed by atoms with Crippen molar-refractivity contribution in [1.82, 2.24) is 4.98 Å². The lowest BCUT2D eigenvalue weighted by Gasteiger charge is -2.04. The molecule has 2 aromatic carbocycles. The molecule has 0 saturated heterocycles. The summed E-state index contributed by atoms with van der Waals surface area (Å²) in [5.74, 6) is -1.64. The topological polar surface area (TPSA) is 92.4 Å². The van der Waals surface area contributed by atoms with Gasteiger partial charge in [-0.05, 0) is 42.8 Å². The number of hydrogen-bond acceptors (Lipinski definition) is 4. The number of fused-ring (bicyclic) bond motifs is 1. The molecule has 6 nitrogen and oxygen atoms in total. The second kappa shape index (κ2) is 5.49. The average Bonchev–Trinajstić information content (AvgIpc) is 3.28. The van der Waals surface area contributed by atoms with E-state index in [1.807, 2.05) is 36.4 Å². The van der Waals surface area contributed by atoms with Crippen molar-refractivity contribution in [3.8, 4) is 11.5 Å². The lowest BCUT2D eigenvalue weighted by Crippen LogP contribution is -2.16. The van der Waals surface area contributed by atoms with E-state index in [0.717, 1.165) is 16.7 Å². The number of carbonyl (C=O) groups is 2. The predicted octanol–water partition coefficient (Wildman–Crippen LogP) is 3.15. The van der Waals surface area contributed by atoms with Crippen molar-refractivity contribution in [2.75, 3.05) is 5.32 Å². The number of benzene rings is 2. The minimum atomic E-state index is -0.915. The Morgan fingerprint density at radius 1 is 1.08 bits per heavy atom. The van der Waals surface area contributed by atoms with Crippen LogP contribution < -0.4 is 5.32 Å². The number of aliphatic carboxylic acids is 1. The summed E-state index contributed by atoms with van der Waals surface area (Å²) < 4.78 is 5.70. The van der Waals surface area contributed by atoms with Crippen molar-refractivity contribution in [3.63, 3.8) is 0 Å². The number of carbonyl (C=O) groups excluding carboxylic acids is 1. The van der Waals surface area contributed by atoms with Crippen LogP contribution in [-0.4, -0.2) is 22.0 Å². The zero-order valence-electron chi connectivity index (χ0n) is 12.6. The van der Waals surface area contributed by atoms with Crippen molar-refractivity contribution >= 4 is 28.7 Å². The molecule has 1 aromatic heterocycles. The number of amides is 1. The first-order valence-corrected chi connectivity index (χ1v) is 7.61. The minimum absolute atomic E-state index is 0.253. The third-order valence-electron chi connectivity index (χ3n) is 4.14. The Labute approximate surface area is 137 Å². The number of nitrogens with one attached hydrogen (secondary N) is 1. The summed E-state index contributed by atoms with van der Waals surface area (Å²) in [6.07, 6.45) is 0.405. The fraction of sp³-hybridized carbons (Fsp3) is 0.167. The number of oxazole rings is 1. The van der Waals surface area contributed by atoms with Gasteiger partial charge in [0.05, 0.1) is 11.8 Å². The third-order valence-corrected chi connectivity index (χ3v) is 4.14. The molecule has 2 unspecified atom stereocenters. The molecule has 1 aliphatic rings. The summed E-state index contributed by atoms with van der Waals surface area (Å²) in [5.41, 5.74) is 2.94. The molecule has 0 radical (unpaired) electrons. The first kappa shape index (κ1) is 14.4. The van der Waals surface area contributed by atoms with Crippen molar-refractivity contribution < 1.29 is 19.1 Å². The van der Waals surface area contributed by atoms with Gasteiger partial charge in [0, 0.05) is 11.3 Å². The van der Waals surface area contributed by atoms with Crippen molar-refractivity contribution in [1.29, 1.82) is 0 Å². The average molecular weight is 322 g/mol. The van der Waals surface area contributed by atoms with E-state index in [9.17, 15) is 9.59 Å². The smallest absolute Gasteiger partial charge is 0.307 e. The fourth-order valence-corrected chi connectivity index (χ4v) is 2.68. The van der Waals surface area contributed by atoms with Crippen LogP contribution in [0.25, 0.3) is 22.6 Å². The van der Waals surface area contributed by atoms with Crippen molar-refractivity contribution in [2.24, 2.45) is 11.8 Å². The molecule has 1 fully saturated rings. The Morgan fingerprint density at radius 3 is 2.50 bits per heavy atom. The number of aromatic nitrogens is 1. The third kappa shape index (κ3) is 2.62. The zero-order valence-corrected chi connectivity index (χ0v) is 12.6. The first-order chi connectivity index (χ1) is 11.6. The standard InChI is InChI=1S/C18H14N2O4/c21-16(12-9-13(12)18(22)23)19-11-7-5-10(6-8-11)17-20-14-3-1-2-4-15(14)24-17/h1-8,12-13H,9H2,(H,19,21)(H,22,23). The van der Waals surface area contributed by atoms with E-state index in [4.69, 9.17) is 9.52 Å². The fourth-order valence-electron chi connectivity index (χ4n) is 2.68. The lowest BCUT2D eigenvalue weighted by molar-refractivity contribution is -0.139. The normalized spacial score (nSPS) is 19.2. The number of rotatable bonds is 4. The number of anilines is 1. The molecule has 0 bridgehead atoms. The van der Waals surface area contributed by atoms with Crippen LogP contribution >= 0.6 is 0 Å². The Kier molecular flexibility index (Phi) is 3.30. The lowest BCUT2D eigenvalue weighted by atomic mass is 10.2. The van der Waals surface area contributed by atoms with E-state index in [-0.39, 0.29) is 5.91 Å². The van der Waals surface area contributed by atoms with Crippen molar-refractivity contribution in [2.45, 2.75) is 6.42 Å². The van der Waals surface area contributed by atoms with E-state index in [2.05, 4.69) is 10.3 Å². The second-order valence-electron chi connectivity index (χ2n) is 5.84. The van der Waals surface area contributed by atoms with Gasteiger partial charge in [-0.3, -0.25) is 9.59 Å². The van der Waals surface area contributed by atoms with Gasteiger partial charge in [-0.2, -0.15) is 0 Å². The predicted molar refractivity (Wildman–Crippen MR) is 87.3 cm³/mol. The molecule has 1 heterocycles. The Hall–Kier alpha value is -3.15. The van der Waals surface area contributed by atoms with E-state index in [1.54, 1.807) is 12.1 Å². The number of para-hydroxylation sites is 2. The highest BCUT2D eigenvalue weighted by Crippen LogP contribution is 2.39. The Morgan fingerprint density at radius 2 is 1.83 bits per heavy atom. The van der Waals surface area contributed by atoms with Gasteiger partial charge in [0.1, 0.15) is 5.52 Å². The van der Waals surface area contributed by atoms with Gasteiger partial charge in [0.2, 0.25) is 11.8 Å². The molecule has 120 valence electrons. The highest BCUT2D eigenvalue weighted by Gasteiger charge is 2.48. The van der Waals surface area contributed by atoms with E-state index in [0.29, 0.717) is 18.0 Å². The maximum Gasteiger partial charge on any atom is 0.307 e. The van der Waals surface area contributed by atoms with Gasteiger partial charge in [0.25, 0.3) is 0 Å². The largest absolute Gasteiger partial charge is 0.481 e. The van der Waals surface area contributed by atoms with Crippen molar-refractivity contribution in [3.05, 3.63) is 48.5 Å². The molecule has 6 heteroatoms. The van der Waals surface area contributed by atoms with Crippen LogP contribution in [0.3, 0.4) is 0 Å². The molecule has 1 amide bonds. The van der Waals surface area contributed by atoms with Crippen LogP contribution in [0, 0.1) is 11.8 Å². The van der Waals surface area contributed by atoms with Crippen LogP contribution in [0.15, 0.2) is 52.9 Å². The molecule has 0 spiro atoms. The van der Waals surface area contributed by atoms with Gasteiger partial charge < -0.3 is 14.8 Å². The summed E-state index contributed by atoms with van der Waals surface area (Å²) >= 11 is 0. The highest BCUT2D eigenvalue weighted by atomic mass is 16.4. The van der Waals surface area contributed by atoms with Gasteiger partial charge in [-0.1, -0.05) is 12.1 Å². The molecule has 24 heavy (non-hydrogen) atoms. The first-order valence-electron chi connectivity index (χ1n) is 7.61. The molecule has 4 rings (SSSR count). The Bertz CT molecular complexity index is 897. The number of carboxylic acid groups (broad SMARTS) is 1. The summed E-state index contributed by atoms with van der Waals surface area (Å²) in [5, 5.41) is 11.6. The van der Waals surface area contributed by atoms with Crippen LogP contribution in [0.1, 0.15) is 6.42 Å². The van der Waals surface area contributed by atoms with Gasteiger partial charge in [-0.15, -0.1) is 0 Å². The molecule has 2 atom stereocenters. The summed E-state index contributed by atoms with van der Waals surface area (Å²) in [6.45, 7) is 0. The minimum Gasteiger partial charge on any atom is -0.481 e. The number of carboxylic acids is 1. The van der Waals surface area contributed by atoms with Gasteiger partial charge in [-0.25, -0.2) is 4.98 Å². The maximum atomic E-state index is 12.0. The molecule has 1 saturated carbocycles. The molecule has 1 aliphatic carbocycles. The number of nitrogens with zero attached hydrogens (tertiary/aromatic N) is 1. The molecule has 2 N–H and O–H groups in total. The van der Waals surface area contributed by atoms with Gasteiger partial charge in [0.15, 0.2) is 5.58 Å². The molecule has 3 aromatic rings. The SMILES string of the molecule is O=C(O)C1CC1C(=O)Nc1ccc(-c2nc3ccccc3o2)cc1. The van der Waals surface area contributed by atoms with E-state index in [1.165, 1.54) is 0 Å². The quantitative estimate of drug-likeness (QED) is 0.769. The maximum absolute atomic E-state index is 12.0. The van der Waals surface area contributed by atoms with Gasteiger partial charge >= 0.3 is 5.97 Å². The van der Waals surface area contributed by atoms with E-state index >= 15 is 0 Å². The summed E-state index contributed by atoms with van der Waals surface area (Å²) in [6, 6.07) is 14.6. The monoisotopic (exact) mass is 322 g/mol. The molecule has 0 aliphatic heterocycles. The van der Waals surface area contributed by atoms with E-state index < -0.39 is 17.8 Å². The van der Waals surface area contributed by atoms with Crippen LogP contribution in [0.4, 0.5) is 5.69 Å². The summed E-state index contributed by atoms with van der Waals surface area (Å²) in [7, 11) is 0. The Balaban J connectivity index is 1.48. The zero-order chi connectivity index (χ0) is 16.7.